The third kappa shape index (κ3) is 1.54. The van der Waals surface area contributed by atoms with Crippen LogP contribution in [0.15, 0.2) is 12.2 Å². The van der Waals surface area contributed by atoms with Gasteiger partial charge in [-0.05, 0) is 19.3 Å². The lowest BCUT2D eigenvalue weighted by atomic mass is 9.94. The zero-order chi connectivity index (χ0) is 8.44. The van der Waals surface area contributed by atoms with Crippen LogP contribution in [0.25, 0.3) is 0 Å². The molecule has 2 saturated heterocycles. The summed E-state index contributed by atoms with van der Waals surface area (Å²) >= 11 is 0. The number of hydrogen-bond acceptors (Lipinski definition) is 2. The summed E-state index contributed by atoms with van der Waals surface area (Å²) in [6, 6.07) is 0. The average molecular weight is 168 g/mol. The molecule has 0 aliphatic carbocycles. The van der Waals surface area contributed by atoms with E-state index in [0.29, 0.717) is 0 Å². The molecule has 2 heteroatoms. The Kier molecular flexibility index (Phi) is 2.20. The molecule has 2 rings (SSSR count). The van der Waals surface area contributed by atoms with Crippen LogP contribution in [0.3, 0.4) is 0 Å². The lowest BCUT2D eigenvalue weighted by molar-refractivity contribution is -0.263. The van der Waals surface area contributed by atoms with Crippen LogP contribution in [0.2, 0.25) is 0 Å². The standard InChI is InChI=1S/C10H16O2/c1-9-4-7-12-10(8-9)5-2-3-6-11-10/h1-8H2. The lowest BCUT2D eigenvalue weighted by Gasteiger charge is -2.40. The van der Waals surface area contributed by atoms with Crippen LogP contribution in [-0.2, 0) is 9.47 Å². The molecule has 0 N–H and O–H groups in total. The molecule has 0 saturated carbocycles. The largest absolute Gasteiger partial charge is 0.350 e. The molecular formula is C10H16O2. The minimum atomic E-state index is -0.270. The quantitative estimate of drug-likeness (QED) is 0.516. The molecule has 2 fully saturated rings. The maximum Gasteiger partial charge on any atom is 0.171 e. The van der Waals surface area contributed by atoms with E-state index < -0.39 is 0 Å². The molecule has 0 aromatic heterocycles. The van der Waals surface area contributed by atoms with Crippen molar-refractivity contribution < 1.29 is 9.47 Å². The van der Waals surface area contributed by atoms with Gasteiger partial charge in [-0.15, -0.1) is 0 Å². The fourth-order valence-corrected chi connectivity index (χ4v) is 1.98. The zero-order valence-corrected chi connectivity index (χ0v) is 7.47. The van der Waals surface area contributed by atoms with E-state index in [-0.39, 0.29) is 5.79 Å². The van der Waals surface area contributed by atoms with E-state index in [1.165, 1.54) is 18.4 Å². The minimum Gasteiger partial charge on any atom is -0.350 e. The predicted octanol–water partition coefficient (Wildman–Crippen LogP) is 2.25. The molecule has 2 nitrogen and oxygen atoms in total. The number of rotatable bonds is 0. The van der Waals surface area contributed by atoms with Crippen molar-refractivity contribution in [3.63, 3.8) is 0 Å². The summed E-state index contributed by atoms with van der Waals surface area (Å²) in [5.74, 6) is -0.270. The summed E-state index contributed by atoms with van der Waals surface area (Å²) in [5.41, 5.74) is 1.28. The van der Waals surface area contributed by atoms with Crippen molar-refractivity contribution in [3.05, 3.63) is 12.2 Å². The highest BCUT2D eigenvalue weighted by Crippen LogP contribution is 2.36. The number of hydrogen-bond donors (Lipinski definition) is 0. The summed E-state index contributed by atoms with van der Waals surface area (Å²) in [5, 5.41) is 0. The van der Waals surface area contributed by atoms with Gasteiger partial charge in [-0.2, -0.15) is 0 Å². The SMILES string of the molecule is C=C1CCOC2(CCCCO2)C1. The first-order valence-corrected chi connectivity index (χ1v) is 4.75. The Bertz CT molecular complexity index is 175. The predicted molar refractivity (Wildman–Crippen MR) is 46.9 cm³/mol. The van der Waals surface area contributed by atoms with E-state index in [9.17, 15) is 0 Å². The molecule has 2 aliphatic rings. The smallest absolute Gasteiger partial charge is 0.171 e. The highest BCUT2D eigenvalue weighted by molar-refractivity contribution is 5.02. The molecule has 2 aliphatic heterocycles. The van der Waals surface area contributed by atoms with Gasteiger partial charge in [0, 0.05) is 12.8 Å². The Balaban J connectivity index is 2.02. The van der Waals surface area contributed by atoms with Crippen molar-refractivity contribution in [2.24, 2.45) is 0 Å². The first-order chi connectivity index (χ1) is 5.81. The van der Waals surface area contributed by atoms with E-state index in [4.69, 9.17) is 9.47 Å². The normalized spacial score (nSPS) is 37.2. The van der Waals surface area contributed by atoms with Crippen molar-refractivity contribution in [1.29, 1.82) is 0 Å². The average Bonchev–Trinajstić information content (AvgIpc) is 2.05. The molecule has 0 bridgehead atoms. The fourth-order valence-electron chi connectivity index (χ4n) is 1.98. The summed E-state index contributed by atoms with van der Waals surface area (Å²) in [7, 11) is 0. The van der Waals surface area contributed by atoms with Crippen LogP contribution in [0.4, 0.5) is 0 Å². The molecule has 0 aromatic carbocycles. The fraction of sp³-hybridized carbons (Fsp3) is 0.800. The summed E-state index contributed by atoms with van der Waals surface area (Å²) in [4.78, 5) is 0. The van der Waals surface area contributed by atoms with Gasteiger partial charge in [0.05, 0.1) is 13.2 Å². The third-order valence-corrected chi connectivity index (χ3v) is 2.66. The van der Waals surface area contributed by atoms with Crippen molar-refractivity contribution in [1.82, 2.24) is 0 Å². The van der Waals surface area contributed by atoms with Gasteiger partial charge < -0.3 is 9.47 Å². The molecular weight excluding hydrogens is 152 g/mol. The van der Waals surface area contributed by atoms with Gasteiger partial charge in [-0.3, -0.25) is 0 Å². The molecule has 1 unspecified atom stereocenters. The number of ether oxygens (including phenoxy) is 2. The second kappa shape index (κ2) is 3.19. The van der Waals surface area contributed by atoms with Gasteiger partial charge >= 0.3 is 0 Å². The Labute approximate surface area is 73.5 Å². The second-order valence-corrected chi connectivity index (χ2v) is 3.74. The molecule has 0 amide bonds. The first kappa shape index (κ1) is 8.27. The summed E-state index contributed by atoms with van der Waals surface area (Å²) in [6.45, 7) is 5.65. The first-order valence-electron chi connectivity index (χ1n) is 4.75. The van der Waals surface area contributed by atoms with E-state index in [1.54, 1.807) is 0 Å². The Morgan fingerprint density at radius 3 is 2.67 bits per heavy atom. The summed E-state index contributed by atoms with van der Waals surface area (Å²) < 4.78 is 11.4. The molecule has 0 radical (unpaired) electrons. The Hall–Kier alpha value is -0.340. The second-order valence-electron chi connectivity index (χ2n) is 3.74. The van der Waals surface area contributed by atoms with Crippen LogP contribution in [0.1, 0.15) is 32.1 Å². The highest BCUT2D eigenvalue weighted by atomic mass is 16.7. The lowest BCUT2D eigenvalue weighted by Crippen LogP contribution is -2.42. The van der Waals surface area contributed by atoms with Gasteiger partial charge in [-0.25, -0.2) is 0 Å². The van der Waals surface area contributed by atoms with E-state index >= 15 is 0 Å². The molecule has 68 valence electrons. The van der Waals surface area contributed by atoms with Gasteiger partial charge in [-0.1, -0.05) is 12.2 Å². The van der Waals surface area contributed by atoms with E-state index in [1.807, 2.05) is 0 Å². The van der Waals surface area contributed by atoms with E-state index in [2.05, 4.69) is 6.58 Å². The van der Waals surface area contributed by atoms with Crippen molar-refractivity contribution in [2.45, 2.75) is 37.9 Å². The van der Waals surface area contributed by atoms with Gasteiger partial charge in [0.2, 0.25) is 0 Å². The van der Waals surface area contributed by atoms with Crippen LogP contribution < -0.4 is 0 Å². The van der Waals surface area contributed by atoms with Crippen LogP contribution >= 0.6 is 0 Å². The van der Waals surface area contributed by atoms with Crippen LogP contribution in [0, 0.1) is 0 Å². The van der Waals surface area contributed by atoms with Crippen LogP contribution in [-0.4, -0.2) is 19.0 Å². The summed E-state index contributed by atoms with van der Waals surface area (Å²) in [6.07, 6.45) is 5.37. The van der Waals surface area contributed by atoms with Gasteiger partial charge in [0.15, 0.2) is 5.79 Å². The Morgan fingerprint density at radius 2 is 2.00 bits per heavy atom. The van der Waals surface area contributed by atoms with Crippen LogP contribution in [0.5, 0.6) is 0 Å². The Morgan fingerprint density at radius 1 is 1.17 bits per heavy atom. The topological polar surface area (TPSA) is 18.5 Å². The maximum absolute atomic E-state index is 5.69. The van der Waals surface area contributed by atoms with Gasteiger partial charge in [0.25, 0.3) is 0 Å². The zero-order valence-electron chi connectivity index (χ0n) is 7.47. The van der Waals surface area contributed by atoms with Crippen molar-refractivity contribution in [2.75, 3.05) is 13.2 Å². The van der Waals surface area contributed by atoms with Gasteiger partial charge in [0.1, 0.15) is 0 Å². The molecule has 0 aromatic rings. The molecule has 1 atom stereocenters. The monoisotopic (exact) mass is 168 g/mol. The van der Waals surface area contributed by atoms with E-state index in [0.717, 1.165) is 32.5 Å². The molecule has 1 spiro atoms. The van der Waals surface area contributed by atoms with Crippen molar-refractivity contribution >= 4 is 0 Å². The maximum atomic E-state index is 5.69. The molecule has 2 heterocycles. The van der Waals surface area contributed by atoms with Crippen molar-refractivity contribution in [3.8, 4) is 0 Å². The highest BCUT2D eigenvalue weighted by Gasteiger charge is 2.36. The minimum absolute atomic E-state index is 0.270. The molecule has 12 heavy (non-hydrogen) atoms. The third-order valence-electron chi connectivity index (χ3n) is 2.66.